The number of hydrogen-bond acceptors (Lipinski definition) is 5. The summed E-state index contributed by atoms with van der Waals surface area (Å²) in [6.07, 6.45) is -0.737. The van der Waals surface area contributed by atoms with Gasteiger partial charge in [-0.05, 0) is 12.6 Å². The highest BCUT2D eigenvalue weighted by molar-refractivity contribution is 7.99. The number of hydrogen-bond donors (Lipinski definition) is 3. The maximum atomic E-state index is 9.41. The Morgan fingerprint density at radius 3 is 2.61 bits per heavy atom. The van der Waals surface area contributed by atoms with Gasteiger partial charge < -0.3 is 10.2 Å². The summed E-state index contributed by atoms with van der Waals surface area (Å²) in [4.78, 5) is 0. The van der Waals surface area contributed by atoms with Crippen molar-refractivity contribution in [1.82, 2.24) is 5.32 Å². The van der Waals surface area contributed by atoms with Crippen molar-refractivity contribution in [3.8, 4) is 6.07 Å². The van der Waals surface area contributed by atoms with Crippen LogP contribution in [0, 0.1) is 11.3 Å². The van der Waals surface area contributed by atoms with E-state index in [0.717, 1.165) is 5.56 Å². The van der Waals surface area contributed by atoms with Crippen molar-refractivity contribution < 1.29 is 10.2 Å². The van der Waals surface area contributed by atoms with Crippen LogP contribution in [-0.2, 0) is 5.54 Å². The average molecular weight is 266 g/mol. The predicted molar refractivity (Wildman–Crippen MR) is 73.2 cm³/mol. The summed E-state index contributed by atoms with van der Waals surface area (Å²) in [7, 11) is 1.75. The van der Waals surface area contributed by atoms with Crippen LogP contribution in [0.15, 0.2) is 30.3 Å². The van der Waals surface area contributed by atoms with E-state index < -0.39 is 11.6 Å². The molecule has 0 aromatic heterocycles. The molecule has 0 fully saturated rings. The number of nitriles is 1. The van der Waals surface area contributed by atoms with Gasteiger partial charge >= 0.3 is 0 Å². The van der Waals surface area contributed by atoms with Crippen molar-refractivity contribution in [2.24, 2.45) is 0 Å². The standard InChI is InChI=1S/C13H18N2O2S/c1-15-13(9-14,10-18-8-12(17)7-16)11-5-3-2-4-6-11/h2-6,12,15-17H,7-8,10H2,1H3. The Morgan fingerprint density at radius 1 is 1.44 bits per heavy atom. The second-order valence-electron chi connectivity index (χ2n) is 3.98. The third kappa shape index (κ3) is 3.72. The van der Waals surface area contributed by atoms with E-state index in [2.05, 4.69) is 11.4 Å². The van der Waals surface area contributed by atoms with Crippen molar-refractivity contribution in [3.05, 3.63) is 35.9 Å². The summed E-state index contributed by atoms with van der Waals surface area (Å²) in [5.74, 6) is 0.926. The van der Waals surface area contributed by atoms with Gasteiger partial charge in [0.2, 0.25) is 0 Å². The lowest BCUT2D eigenvalue weighted by Crippen LogP contribution is -2.41. The van der Waals surface area contributed by atoms with Crippen molar-refractivity contribution >= 4 is 11.8 Å². The molecule has 0 aliphatic carbocycles. The lowest BCUT2D eigenvalue weighted by molar-refractivity contribution is 0.113. The zero-order valence-electron chi connectivity index (χ0n) is 10.3. The lowest BCUT2D eigenvalue weighted by Gasteiger charge is -2.26. The molecule has 0 heterocycles. The Labute approximate surface area is 112 Å². The van der Waals surface area contributed by atoms with Gasteiger partial charge in [-0.2, -0.15) is 17.0 Å². The average Bonchev–Trinajstić information content (AvgIpc) is 2.44. The first-order valence-electron chi connectivity index (χ1n) is 5.71. The number of aliphatic hydroxyl groups is 2. The Balaban J connectivity index is 2.73. The molecule has 0 aliphatic heterocycles. The van der Waals surface area contributed by atoms with E-state index in [-0.39, 0.29) is 6.61 Å². The van der Waals surface area contributed by atoms with E-state index in [0.29, 0.717) is 11.5 Å². The molecule has 2 unspecified atom stereocenters. The summed E-state index contributed by atoms with van der Waals surface area (Å²) >= 11 is 1.44. The van der Waals surface area contributed by atoms with Crippen molar-refractivity contribution in [1.29, 1.82) is 5.26 Å². The van der Waals surface area contributed by atoms with Crippen LogP contribution < -0.4 is 5.32 Å². The van der Waals surface area contributed by atoms with Gasteiger partial charge in [-0.1, -0.05) is 30.3 Å². The van der Waals surface area contributed by atoms with Crippen LogP contribution in [0.5, 0.6) is 0 Å². The van der Waals surface area contributed by atoms with Gasteiger partial charge in [-0.3, -0.25) is 5.32 Å². The molecular weight excluding hydrogens is 248 g/mol. The van der Waals surface area contributed by atoms with Crippen molar-refractivity contribution in [3.63, 3.8) is 0 Å². The molecule has 1 aromatic carbocycles. The molecule has 0 radical (unpaired) electrons. The maximum Gasteiger partial charge on any atom is 0.141 e. The van der Waals surface area contributed by atoms with Crippen LogP contribution in [0.3, 0.4) is 0 Å². The molecule has 5 heteroatoms. The van der Waals surface area contributed by atoms with E-state index >= 15 is 0 Å². The number of aliphatic hydroxyl groups excluding tert-OH is 2. The highest BCUT2D eigenvalue weighted by Gasteiger charge is 2.30. The minimum absolute atomic E-state index is 0.253. The van der Waals surface area contributed by atoms with Crippen LogP contribution in [0.4, 0.5) is 0 Å². The third-order valence-corrected chi connectivity index (χ3v) is 3.98. The summed E-state index contributed by atoms with van der Waals surface area (Å²) in [5.41, 5.74) is 0.141. The van der Waals surface area contributed by atoms with Gasteiger partial charge in [0.25, 0.3) is 0 Å². The lowest BCUT2D eigenvalue weighted by atomic mass is 9.94. The first-order valence-corrected chi connectivity index (χ1v) is 6.86. The molecule has 1 rings (SSSR count). The minimum atomic E-state index is -0.763. The Hall–Kier alpha value is -1.06. The summed E-state index contributed by atoms with van der Waals surface area (Å²) in [6, 6.07) is 11.8. The highest BCUT2D eigenvalue weighted by atomic mass is 32.2. The van der Waals surface area contributed by atoms with E-state index in [1.54, 1.807) is 7.05 Å². The second-order valence-corrected chi connectivity index (χ2v) is 5.01. The molecular formula is C13H18N2O2S. The van der Waals surface area contributed by atoms with Gasteiger partial charge in [-0.15, -0.1) is 0 Å². The smallest absolute Gasteiger partial charge is 0.141 e. The molecule has 0 aliphatic rings. The van der Waals surface area contributed by atoms with Gasteiger partial charge in [0.15, 0.2) is 0 Å². The van der Waals surface area contributed by atoms with Crippen molar-refractivity contribution in [2.45, 2.75) is 11.6 Å². The van der Waals surface area contributed by atoms with Gasteiger partial charge in [-0.25, -0.2) is 0 Å². The first-order chi connectivity index (χ1) is 8.68. The molecule has 2 atom stereocenters. The number of rotatable bonds is 7. The Bertz CT molecular complexity index is 394. The molecule has 98 valence electrons. The second kappa shape index (κ2) is 7.39. The molecule has 0 spiro atoms. The normalized spacial score (nSPS) is 15.7. The Morgan fingerprint density at radius 2 is 2.11 bits per heavy atom. The quantitative estimate of drug-likeness (QED) is 0.677. The number of benzene rings is 1. The van der Waals surface area contributed by atoms with Crippen LogP contribution in [0.1, 0.15) is 5.56 Å². The zero-order valence-corrected chi connectivity index (χ0v) is 11.2. The fourth-order valence-corrected chi connectivity index (χ4v) is 2.75. The van der Waals surface area contributed by atoms with Crippen LogP contribution in [-0.4, -0.2) is 41.5 Å². The molecule has 0 bridgehead atoms. The molecule has 0 amide bonds. The maximum absolute atomic E-state index is 9.41. The minimum Gasteiger partial charge on any atom is -0.394 e. The summed E-state index contributed by atoms with van der Waals surface area (Å²) in [5, 5.41) is 30.5. The number of thioether (sulfide) groups is 1. The third-order valence-electron chi connectivity index (χ3n) is 2.72. The largest absolute Gasteiger partial charge is 0.394 e. The molecule has 0 saturated carbocycles. The monoisotopic (exact) mass is 266 g/mol. The SMILES string of the molecule is CNC(C#N)(CSCC(O)CO)c1ccccc1. The fourth-order valence-electron chi connectivity index (χ4n) is 1.58. The molecule has 1 aromatic rings. The number of nitrogens with one attached hydrogen (secondary N) is 1. The Kier molecular flexibility index (Phi) is 6.16. The molecule has 18 heavy (non-hydrogen) atoms. The summed E-state index contributed by atoms with van der Waals surface area (Å²) in [6.45, 7) is -0.253. The van der Waals surface area contributed by atoms with E-state index in [1.165, 1.54) is 11.8 Å². The van der Waals surface area contributed by atoms with E-state index in [1.807, 2.05) is 30.3 Å². The van der Waals surface area contributed by atoms with E-state index in [9.17, 15) is 10.4 Å². The molecule has 3 N–H and O–H groups in total. The van der Waals surface area contributed by atoms with Crippen LogP contribution in [0.25, 0.3) is 0 Å². The molecule has 4 nitrogen and oxygen atoms in total. The van der Waals surface area contributed by atoms with E-state index in [4.69, 9.17) is 5.11 Å². The van der Waals surface area contributed by atoms with Gasteiger partial charge in [0.1, 0.15) is 5.54 Å². The topological polar surface area (TPSA) is 76.3 Å². The van der Waals surface area contributed by atoms with Crippen LogP contribution in [0.2, 0.25) is 0 Å². The predicted octanol–water partition coefficient (Wildman–Crippen LogP) is 0.711. The zero-order chi connectivity index (χ0) is 13.4. The first kappa shape index (κ1) is 15.0. The van der Waals surface area contributed by atoms with Crippen LogP contribution >= 0.6 is 11.8 Å². The highest BCUT2D eigenvalue weighted by Crippen LogP contribution is 2.25. The summed E-state index contributed by atoms with van der Waals surface area (Å²) < 4.78 is 0. The fraction of sp³-hybridized carbons (Fsp3) is 0.462. The van der Waals surface area contributed by atoms with Gasteiger partial charge in [0, 0.05) is 11.5 Å². The number of nitrogens with zero attached hydrogens (tertiary/aromatic N) is 1. The van der Waals surface area contributed by atoms with Gasteiger partial charge in [0.05, 0.1) is 18.8 Å². The van der Waals surface area contributed by atoms with Crippen molar-refractivity contribution in [2.75, 3.05) is 25.2 Å². The molecule has 0 saturated heterocycles.